The normalized spacial score (nSPS) is 13.8. The van der Waals surface area contributed by atoms with Crippen LogP contribution in [-0.2, 0) is 4.79 Å². The van der Waals surface area contributed by atoms with E-state index >= 15 is 0 Å². The molecule has 1 N–H and O–H groups in total. The van der Waals surface area contributed by atoms with Gasteiger partial charge < -0.3 is 19.6 Å². The van der Waals surface area contributed by atoms with E-state index in [1.807, 2.05) is 4.90 Å². The van der Waals surface area contributed by atoms with Gasteiger partial charge in [-0.1, -0.05) is 29.4 Å². The second-order valence-electron chi connectivity index (χ2n) is 8.05. The van der Waals surface area contributed by atoms with Crippen molar-refractivity contribution in [3.8, 4) is 11.4 Å². The highest BCUT2D eigenvalue weighted by Crippen LogP contribution is 2.23. The average Bonchev–Trinajstić information content (AvgIpc) is 3.25. The first-order valence-corrected chi connectivity index (χ1v) is 10.7. The van der Waals surface area contributed by atoms with Crippen LogP contribution in [0.3, 0.4) is 0 Å². The first kappa shape index (κ1) is 21.5. The van der Waals surface area contributed by atoms with Crippen LogP contribution in [0.2, 0.25) is 0 Å². The number of aryl methyl sites for hydroxylation is 3. The Kier molecular flexibility index (Phi) is 6.20. The molecule has 3 aromatic rings. The van der Waals surface area contributed by atoms with Crippen molar-refractivity contribution in [3.05, 3.63) is 65.0 Å². The van der Waals surface area contributed by atoms with Gasteiger partial charge in [0.05, 0.1) is 6.54 Å². The number of hydrogen-bond donors (Lipinski definition) is 1. The van der Waals surface area contributed by atoms with Gasteiger partial charge in [-0.15, -0.1) is 0 Å². The van der Waals surface area contributed by atoms with Crippen LogP contribution in [0.5, 0.6) is 0 Å². The molecule has 166 valence electrons. The number of aromatic nitrogens is 2. The molecule has 2 aromatic carbocycles. The summed E-state index contributed by atoms with van der Waals surface area (Å²) in [4.78, 5) is 33.4. The van der Waals surface area contributed by atoms with Gasteiger partial charge in [0.2, 0.25) is 17.6 Å². The molecule has 0 spiro atoms. The molecule has 0 saturated carbocycles. The summed E-state index contributed by atoms with van der Waals surface area (Å²) >= 11 is 0. The van der Waals surface area contributed by atoms with Crippen molar-refractivity contribution < 1.29 is 14.1 Å². The van der Waals surface area contributed by atoms with E-state index in [0.29, 0.717) is 30.4 Å². The monoisotopic (exact) mass is 433 g/mol. The van der Waals surface area contributed by atoms with Crippen molar-refractivity contribution >= 4 is 17.5 Å². The Balaban J connectivity index is 1.27. The SMILES string of the molecule is Cc1ccc(C)c(N2CCN(C(=O)CNC(=O)c3ccc(-c4noc(C)n4)cc3)CC2)c1. The molecule has 8 nitrogen and oxygen atoms in total. The lowest BCUT2D eigenvalue weighted by atomic mass is 10.1. The number of amides is 2. The zero-order chi connectivity index (χ0) is 22.7. The Morgan fingerprint density at radius 2 is 1.72 bits per heavy atom. The van der Waals surface area contributed by atoms with E-state index in [0.717, 1.165) is 18.7 Å². The van der Waals surface area contributed by atoms with E-state index in [4.69, 9.17) is 4.52 Å². The maximum absolute atomic E-state index is 12.6. The Morgan fingerprint density at radius 3 is 2.38 bits per heavy atom. The van der Waals surface area contributed by atoms with E-state index in [1.54, 1.807) is 31.2 Å². The van der Waals surface area contributed by atoms with Crippen molar-refractivity contribution in [2.75, 3.05) is 37.6 Å². The minimum Gasteiger partial charge on any atom is -0.368 e. The van der Waals surface area contributed by atoms with Crippen LogP contribution in [-0.4, -0.2) is 59.6 Å². The minimum atomic E-state index is -0.289. The number of nitrogens with one attached hydrogen (secondary N) is 1. The van der Waals surface area contributed by atoms with Crippen LogP contribution in [0.25, 0.3) is 11.4 Å². The highest BCUT2D eigenvalue weighted by atomic mass is 16.5. The Bertz CT molecular complexity index is 1110. The number of nitrogens with zero attached hydrogens (tertiary/aromatic N) is 4. The topological polar surface area (TPSA) is 91.6 Å². The van der Waals surface area contributed by atoms with Crippen LogP contribution in [0.1, 0.15) is 27.4 Å². The number of carbonyl (C=O) groups is 2. The molecule has 32 heavy (non-hydrogen) atoms. The van der Waals surface area contributed by atoms with Crippen molar-refractivity contribution in [2.45, 2.75) is 20.8 Å². The molecule has 0 atom stereocenters. The minimum absolute atomic E-state index is 0.0197. The largest absolute Gasteiger partial charge is 0.368 e. The van der Waals surface area contributed by atoms with Gasteiger partial charge in [0.1, 0.15) is 0 Å². The Hall–Kier alpha value is -3.68. The molecule has 8 heteroatoms. The molecular formula is C24H27N5O3. The molecule has 0 aliphatic carbocycles. The zero-order valence-electron chi connectivity index (χ0n) is 18.6. The Labute approximate surface area is 187 Å². The second-order valence-corrected chi connectivity index (χ2v) is 8.05. The molecule has 0 radical (unpaired) electrons. The number of benzene rings is 2. The summed E-state index contributed by atoms with van der Waals surface area (Å²) in [6, 6.07) is 13.3. The van der Waals surface area contributed by atoms with Gasteiger partial charge in [0.25, 0.3) is 5.91 Å². The average molecular weight is 434 g/mol. The van der Waals surface area contributed by atoms with Crippen LogP contribution in [0, 0.1) is 20.8 Å². The molecule has 2 amide bonds. The third kappa shape index (κ3) is 4.80. The molecular weight excluding hydrogens is 406 g/mol. The van der Waals surface area contributed by atoms with Crippen LogP contribution in [0.4, 0.5) is 5.69 Å². The summed E-state index contributed by atoms with van der Waals surface area (Å²) < 4.78 is 4.98. The summed E-state index contributed by atoms with van der Waals surface area (Å²) in [6.07, 6.45) is 0. The van der Waals surface area contributed by atoms with Crippen molar-refractivity contribution in [1.82, 2.24) is 20.4 Å². The van der Waals surface area contributed by atoms with Gasteiger partial charge in [0.15, 0.2) is 0 Å². The Morgan fingerprint density at radius 1 is 1.00 bits per heavy atom. The maximum Gasteiger partial charge on any atom is 0.251 e. The molecule has 1 saturated heterocycles. The van der Waals surface area contributed by atoms with Crippen molar-refractivity contribution in [3.63, 3.8) is 0 Å². The molecule has 2 heterocycles. The summed E-state index contributed by atoms with van der Waals surface area (Å²) in [5.74, 6) is 0.598. The predicted molar refractivity (Wildman–Crippen MR) is 122 cm³/mol. The molecule has 1 aliphatic heterocycles. The molecule has 1 aromatic heterocycles. The van der Waals surface area contributed by atoms with Crippen molar-refractivity contribution in [2.24, 2.45) is 0 Å². The van der Waals surface area contributed by atoms with Crippen LogP contribution >= 0.6 is 0 Å². The summed E-state index contributed by atoms with van der Waals surface area (Å²) in [5, 5.41) is 6.59. The third-order valence-electron chi connectivity index (χ3n) is 5.67. The van der Waals surface area contributed by atoms with E-state index in [-0.39, 0.29) is 18.4 Å². The van der Waals surface area contributed by atoms with E-state index in [2.05, 4.69) is 52.4 Å². The first-order valence-electron chi connectivity index (χ1n) is 10.7. The predicted octanol–water partition coefficient (Wildman–Crippen LogP) is 2.74. The van der Waals surface area contributed by atoms with Gasteiger partial charge in [-0.2, -0.15) is 4.98 Å². The number of carbonyl (C=O) groups excluding carboxylic acids is 2. The second kappa shape index (κ2) is 9.21. The fourth-order valence-electron chi connectivity index (χ4n) is 3.81. The van der Waals surface area contributed by atoms with Gasteiger partial charge in [0, 0.05) is 49.9 Å². The van der Waals surface area contributed by atoms with Gasteiger partial charge in [-0.25, -0.2) is 0 Å². The standard InChI is InChI=1S/C24H27N5O3/c1-16-4-5-17(2)21(14-16)28-10-12-29(13-11-28)22(30)15-25-24(31)20-8-6-19(7-9-20)23-26-18(3)32-27-23/h4-9,14H,10-13,15H2,1-3H3,(H,25,31). The third-order valence-corrected chi connectivity index (χ3v) is 5.67. The summed E-state index contributed by atoms with van der Waals surface area (Å²) in [5.41, 5.74) is 4.93. The molecule has 4 rings (SSSR count). The molecule has 0 bridgehead atoms. The lowest BCUT2D eigenvalue weighted by molar-refractivity contribution is -0.130. The summed E-state index contributed by atoms with van der Waals surface area (Å²) in [6.45, 7) is 8.74. The number of piperazine rings is 1. The number of hydrogen-bond acceptors (Lipinski definition) is 6. The zero-order valence-corrected chi connectivity index (χ0v) is 18.6. The van der Waals surface area contributed by atoms with Gasteiger partial charge >= 0.3 is 0 Å². The summed E-state index contributed by atoms with van der Waals surface area (Å²) in [7, 11) is 0. The molecule has 1 fully saturated rings. The maximum atomic E-state index is 12.6. The lowest BCUT2D eigenvalue weighted by Crippen LogP contribution is -2.51. The van der Waals surface area contributed by atoms with Gasteiger partial charge in [-0.05, 0) is 43.2 Å². The number of anilines is 1. The van der Waals surface area contributed by atoms with Crippen molar-refractivity contribution in [1.29, 1.82) is 0 Å². The fourth-order valence-corrected chi connectivity index (χ4v) is 3.81. The van der Waals surface area contributed by atoms with Crippen LogP contribution in [0.15, 0.2) is 47.0 Å². The van der Waals surface area contributed by atoms with E-state index in [1.165, 1.54) is 16.8 Å². The van der Waals surface area contributed by atoms with E-state index < -0.39 is 0 Å². The van der Waals surface area contributed by atoms with Crippen LogP contribution < -0.4 is 10.2 Å². The smallest absolute Gasteiger partial charge is 0.251 e. The lowest BCUT2D eigenvalue weighted by Gasteiger charge is -2.37. The highest BCUT2D eigenvalue weighted by Gasteiger charge is 2.22. The van der Waals surface area contributed by atoms with Gasteiger partial charge in [-0.3, -0.25) is 9.59 Å². The number of rotatable bonds is 5. The molecule has 1 aliphatic rings. The molecule has 0 unspecified atom stereocenters. The highest BCUT2D eigenvalue weighted by molar-refractivity contribution is 5.96. The first-order chi connectivity index (χ1) is 15.4. The fraction of sp³-hybridized carbons (Fsp3) is 0.333. The quantitative estimate of drug-likeness (QED) is 0.665. The van der Waals surface area contributed by atoms with E-state index in [9.17, 15) is 9.59 Å².